The predicted molar refractivity (Wildman–Crippen MR) is 98.2 cm³/mol. The Morgan fingerprint density at radius 1 is 1.09 bits per heavy atom. The van der Waals surface area contributed by atoms with Crippen molar-refractivity contribution >= 4 is 12.0 Å². The fourth-order valence-electron chi connectivity index (χ4n) is 2.46. The summed E-state index contributed by atoms with van der Waals surface area (Å²) in [6.45, 7) is 7.28. The van der Waals surface area contributed by atoms with Crippen LogP contribution in [0.3, 0.4) is 0 Å². The summed E-state index contributed by atoms with van der Waals surface area (Å²) < 4.78 is 5.60. The van der Waals surface area contributed by atoms with Crippen LogP contribution in [-0.2, 0) is 6.42 Å². The fourth-order valence-corrected chi connectivity index (χ4v) is 2.46. The first-order valence-electron chi connectivity index (χ1n) is 8.01. The largest absolute Gasteiger partial charge is 0.496 e. The third kappa shape index (κ3) is 4.35. The highest BCUT2D eigenvalue weighted by Crippen LogP contribution is 2.31. The van der Waals surface area contributed by atoms with E-state index in [0.717, 1.165) is 30.0 Å². The zero-order valence-electron chi connectivity index (χ0n) is 14.8. The Kier molecular flexibility index (Phi) is 5.80. The Morgan fingerprint density at radius 2 is 1.83 bits per heavy atom. The van der Waals surface area contributed by atoms with Crippen LogP contribution in [-0.4, -0.2) is 31.9 Å². The lowest BCUT2D eigenvalue weighted by molar-refractivity contribution is 0.410. The van der Waals surface area contributed by atoms with Crippen LogP contribution in [0.5, 0.6) is 5.75 Å². The number of methoxy groups -OCH3 is 1. The molecule has 0 bridgehead atoms. The van der Waals surface area contributed by atoms with Crippen molar-refractivity contribution in [3.63, 3.8) is 0 Å². The van der Waals surface area contributed by atoms with E-state index >= 15 is 0 Å². The van der Waals surface area contributed by atoms with Crippen LogP contribution in [0.25, 0.3) is 0 Å². The lowest BCUT2D eigenvalue weighted by atomic mass is 9.98. The number of hydrogen-bond donors (Lipinski definition) is 0. The lowest BCUT2D eigenvalue weighted by Gasteiger charge is -2.14. The van der Waals surface area contributed by atoms with E-state index in [1.807, 2.05) is 24.4 Å². The molecule has 2 aromatic carbocycles. The fraction of sp³-hybridized carbons (Fsp3) is 0.350. The van der Waals surface area contributed by atoms with Gasteiger partial charge in [-0.05, 0) is 49.1 Å². The van der Waals surface area contributed by atoms with E-state index in [2.05, 4.69) is 56.1 Å². The molecule has 0 atom stereocenters. The molecular weight excluding hydrogens is 284 g/mol. The van der Waals surface area contributed by atoms with Gasteiger partial charge in [0.25, 0.3) is 0 Å². The molecule has 0 unspecified atom stereocenters. The van der Waals surface area contributed by atoms with Crippen molar-refractivity contribution in [1.82, 2.24) is 4.90 Å². The van der Waals surface area contributed by atoms with Gasteiger partial charge in [-0.3, -0.25) is 0 Å². The number of hydrogen-bond acceptors (Lipinski definition) is 2. The molecule has 0 saturated heterocycles. The maximum Gasteiger partial charge on any atom is 0.124 e. The van der Waals surface area contributed by atoms with Crippen molar-refractivity contribution in [2.45, 2.75) is 27.2 Å². The van der Waals surface area contributed by atoms with Crippen LogP contribution in [0.4, 0.5) is 5.69 Å². The van der Waals surface area contributed by atoms with E-state index in [4.69, 9.17) is 4.74 Å². The van der Waals surface area contributed by atoms with E-state index in [-0.39, 0.29) is 0 Å². The van der Waals surface area contributed by atoms with Gasteiger partial charge in [0.2, 0.25) is 0 Å². The summed E-state index contributed by atoms with van der Waals surface area (Å²) >= 11 is 0. The van der Waals surface area contributed by atoms with Crippen LogP contribution >= 0.6 is 0 Å². The van der Waals surface area contributed by atoms with Crippen LogP contribution in [0, 0.1) is 13.8 Å². The first-order chi connectivity index (χ1) is 11.0. The number of aryl methyl sites for hydroxylation is 2. The summed E-state index contributed by atoms with van der Waals surface area (Å²) in [4.78, 5) is 6.62. The van der Waals surface area contributed by atoms with E-state index in [9.17, 15) is 0 Å². The molecule has 3 nitrogen and oxygen atoms in total. The molecule has 0 heterocycles. The van der Waals surface area contributed by atoms with Gasteiger partial charge in [-0.15, -0.1) is 0 Å². The molecule has 122 valence electrons. The second kappa shape index (κ2) is 7.82. The zero-order chi connectivity index (χ0) is 16.8. The quantitative estimate of drug-likeness (QED) is 0.579. The van der Waals surface area contributed by atoms with Crippen molar-refractivity contribution in [3.8, 4) is 5.75 Å². The molecule has 0 N–H and O–H groups in total. The summed E-state index contributed by atoms with van der Waals surface area (Å²) in [5, 5.41) is 0. The highest BCUT2D eigenvalue weighted by Gasteiger charge is 2.09. The van der Waals surface area contributed by atoms with E-state index in [0.29, 0.717) is 0 Å². The average molecular weight is 310 g/mol. The van der Waals surface area contributed by atoms with Gasteiger partial charge in [-0.1, -0.05) is 24.3 Å². The summed E-state index contributed by atoms with van der Waals surface area (Å²) in [5.41, 5.74) is 5.94. The smallest absolute Gasteiger partial charge is 0.124 e. The summed E-state index contributed by atoms with van der Waals surface area (Å²) in [6, 6.07) is 12.7. The van der Waals surface area contributed by atoms with Crippen LogP contribution in [0.15, 0.2) is 41.4 Å². The highest BCUT2D eigenvalue weighted by molar-refractivity contribution is 5.65. The molecule has 0 aliphatic carbocycles. The Morgan fingerprint density at radius 3 is 2.48 bits per heavy atom. The van der Waals surface area contributed by atoms with E-state index < -0.39 is 0 Å². The van der Waals surface area contributed by atoms with Crippen molar-refractivity contribution in [3.05, 3.63) is 58.7 Å². The number of nitrogens with zero attached hydrogens (tertiary/aromatic N) is 2. The predicted octanol–water partition coefficient (Wildman–Crippen LogP) is 4.51. The second-order valence-corrected chi connectivity index (χ2v) is 5.87. The Bertz CT molecular complexity index is 692. The van der Waals surface area contributed by atoms with Gasteiger partial charge >= 0.3 is 0 Å². The molecule has 0 saturated carbocycles. The van der Waals surface area contributed by atoms with Crippen LogP contribution in [0.1, 0.15) is 29.2 Å². The van der Waals surface area contributed by atoms with Crippen molar-refractivity contribution in [2.75, 3.05) is 20.7 Å². The Hall–Kier alpha value is -2.29. The molecular formula is C20H26N2O. The Labute approximate surface area is 139 Å². The van der Waals surface area contributed by atoms with E-state index in [1.165, 1.54) is 16.7 Å². The van der Waals surface area contributed by atoms with Gasteiger partial charge < -0.3 is 9.64 Å². The third-order valence-electron chi connectivity index (χ3n) is 4.13. The van der Waals surface area contributed by atoms with Crippen molar-refractivity contribution in [2.24, 2.45) is 4.99 Å². The highest BCUT2D eigenvalue weighted by atomic mass is 16.5. The maximum absolute atomic E-state index is 5.60. The number of benzene rings is 2. The summed E-state index contributed by atoms with van der Waals surface area (Å²) in [6.07, 6.45) is 2.73. The second-order valence-electron chi connectivity index (χ2n) is 5.87. The molecule has 0 aromatic heterocycles. The zero-order valence-corrected chi connectivity index (χ0v) is 14.8. The molecule has 0 radical (unpaired) electrons. The minimum Gasteiger partial charge on any atom is -0.496 e. The molecule has 0 aliphatic heterocycles. The van der Waals surface area contributed by atoms with Crippen LogP contribution < -0.4 is 4.74 Å². The molecule has 0 spiro atoms. The molecule has 0 amide bonds. The molecule has 0 fully saturated rings. The van der Waals surface area contributed by atoms with Crippen molar-refractivity contribution in [1.29, 1.82) is 0 Å². The minimum atomic E-state index is 0.871. The monoisotopic (exact) mass is 310 g/mol. The van der Waals surface area contributed by atoms with Gasteiger partial charge in [0.1, 0.15) is 5.75 Å². The maximum atomic E-state index is 5.60. The molecule has 2 aromatic rings. The van der Waals surface area contributed by atoms with E-state index in [1.54, 1.807) is 7.11 Å². The third-order valence-corrected chi connectivity index (χ3v) is 4.13. The van der Waals surface area contributed by atoms with Gasteiger partial charge in [-0.2, -0.15) is 0 Å². The number of aliphatic imine (C=N–C) groups is 1. The average Bonchev–Trinajstić information content (AvgIpc) is 2.55. The summed E-state index contributed by atoms with van der Waals surface area (Å²) in [7, 11) is 3.74. The first kappa shape index (κ1) is 17.1. The first-order valence-corrected chi connectivity index (χ1v) is 8.01. The van der Waals surface area contributed by atoms with Gasteiger partial charge in [0, 0.05) is 26.1 Å². The van der Waals surface area contributed by atoms with Gasteiger partial charge in [0.05, 0.1) is 19.1 Å². The summed E-state index contributed by atoms with van der Waals surface area (Å²) in [5.74, 6) is 0.894. The molecule has 23 heavy (non-hydrogen) atoms. The molecule has 2 rings (SSSR count). The lowest BCUT2D eigenvalue weighted by Crippen LogP contribution is -2.14. The molecule has 3 heteroatoms. The SMILES string of the molecule is CCN(C)C=Nc1cc(OC)c(Cc2ccccc2C)cc1C. The number of ether oxygens (including phenoxy) is 1. The normalized spacial score (nSPS) is 11.0. The molecule has 0 aliphatic rings. The number of rotatable bonds is 6. The van der Waals surface area contributed by atoms with Crippen LogP contribution in [0.2, 0.25) is 0 Å². The standard InChI is InChI=1S/C20H26N2O/c1-6-22(4)14-21-19-13-20(23-5)18(11-16(19)3)12-17-10-8-7-9-15(17)2/h7-11,13-14H,6,12H2,1-5H3. The van der Waals surface area contributed by atoms with Crippen molar-refractivity contribution < 1.29 is 4.74 Å². The topological polar surface area (TPSA) is 24.8 Å². The van der Waals surface area contributed by atoms with Gasteiger partial charge in [-0.25, -0.2) is 4.99 Å². The Balaban J connectivity index is 2.33. The minimum absolute atomic E-state index is 0.871. The van der Waals surface area contributed by atoms with Gasteiger partial charge in [0.15, 0.2) is 0 Å².